The maximum absolute atomic E-state index is 4.84. The van der Waals surface area contributed by atoms with Crippen molar-refractivity contribution in [2.24, 2.45) is 21.8 Å². The number of aliphatic imine (C=N–C) groups is 2. The molecule has 2 atom stereocenters. The van der Waals surface area contributed by atoms with Crippen molar-refractivity contribution >= 4 is 33.6 Å². The summed E-state index contributed by atoms with van der Waals surface area (Å²) in [5, 5.41) is 2.18. The van der Waals surface area contributed by atoms with E-state index < -0.39 is 0 Å². The Balaban J connectivity index is 1.82. The second-order valence-corrected chi connectivity index (χ2v) is 8.54. The topological polar surface area (TPSA) is 37.6 Å². The highest BCUT2D eigenvalue weighted by atomic mass is 32.2. The van der Waals surface area contributed by atoms with Crippen LogP contribution >= 0.6 is 23.5 Å². The van der Waals surface area contributed by atoms with Gasteiger partial charge in [-0.2, -0.15) is 0 Å². The summed E-state index contributed by atoms with van der Waals surface area (Å²) in [5.41, 5.74) is 2.00. The average molecular weight is 334 g/mol. The quantitative estimate of drug-likeness (QED) is 0.832. The Morgan fingerprint density at radius 1 is 0.864 bits per heavy atom. The molecule has 0 saturated carbocycles. The Morgan fingerprint density at radius 2 is 1.32 bits per heavy atom. The van der Waals surface area contributed by atoms with Crippen LogP contribution in [-0.4, -0.2) is 38.7 Å². The Morgan fingerprint density at radius 3 is 1.68 bits per heavy atom. The zero-order valence-corrected chi connectivity index (χ0v) is 15.2. The number of thioether (sulfide) groups is 2. The Labute approximate surface area is 141 Å². The molecule has 2 aliphatic heterocycles. The molecule has 5 heteroatoms. The highest BCUT2D eigenvalue weighted by Crippen LogP contribution is 2.29. The van der Waals surface area contributed by atoms with Crippen LogP contribution in [0.4, 0.5) is 0 Å². The molecule has 3 nitrogen and oxygen atoms in total. The predicted molar refractivity (Wildman–Crippen MR) is 99.5 cm³/mol. The Kier molecular flexibility index (Phi) is 4.93. The minimum atomic E-state index is 0.425. The van der Waals surface area contributed by atoms with E-state index >= 15 is 0 Å². The van der Waals surface area contributed by atoms with Gasteiger partial charge in [0.25, 0.3) is 0 Å². The molecule has 0 aromatic carbocycles. The molecular formula is C17H23N3S2. The van der Waals surface area contributed by atoms with Crippen molar-refractivity contribution in [1.29, 1.82) is 0 Å². The molecule has 0 N–H and O–H groups in total. The standard InChI is InChI=1S/C17H23N3S2/c1-10(2)14-8-21-16(19-14)12-6-5-7-13(18-12)17-20-15(9-22-17)11(3)4/h5-7,10-11,14-15H,8-9H2,1-4H3/t14-,15-/m1/s1. The van der Waals surface area contributed by atoms with Gasteiger partial charge in [-0.05, 0) is 24.0 Å². The zero-order valence-electron chi connectivity index (χ0n) is 13.6. The molecule has 0 radical (unpaired) electrons. The second-order valence-electron chi connectivity index (χ2n) is 6.52. The van der Waals surface area contributed by atoms with Crippen molar-refractivity contribution in [3.63, 3.8) is 0 Å². The van der Waals surface area contributed by atoms with Gasteiger partial charge in [-0.3, -0.25) is 9.98 Å². The van der Waals surface area contributed by atoms with Crippen molar-refractivity contribution in [2.45, 2.75) is 39.8 Å². The highest BCUT2D eigenvalue weighted by Gasteiger charge is 2.25. The summed E-state index contributed by atoms with van der Waals surface area (Å²) in [6.07, 6.45) is 0. The van der Waals surface area contributed by atoms with Crippen molar-refractivity contribution in [3.05, 3.63) is 29.6 Å². The van der Waals surface area contributed by atoms with Crippen molar-refractivity contribution in [1.82, 2.24) is 4.98 Å². The number of hydrogen-bond donors (Lipinski definition) is 0. The molecule has 0 unspecified atom stereocenters. The van der Waals surface area contributed by atoms with E-state index in [2.05, 4.69) is 45.9 Å². The van der Waals surface area contributed by atoms with Crippen LogP contribution in [-0.2, 0) is 0 Å². The molecule has 0 fully saturated rings. The number of rotatable bonds is 4. The van der Waals surface area contributed by atoms with Crippen molar-refractivity contribution < 1.29 is 0 Å². The molecule has 0 bridgehead atoms. The second kappa shape index (κ2) is 6.75. The summed E-state index contributed by atoms with van der Waals surface area (Å²) in [6, 6.07) is 7.06. The number of aromatic nitrogens is 1. The first kappa shape index (κ1) is 16.1. The molecular weight excluding hydrogens is 310 g/mol. The maximum atomic E-state index is 4.84. The fourth-order valence-electron chi connectivity index (χ4n) is 2.42. The summed E-state index contributed by atoms with van der Waals surface area (Å²) >= 11 is 3.66. The van der Waals surface area contributed by atoms with Gasteiger partial charge >= 0.3 is 0 Å². The van der Waals surface area contributed by atoms with E-state index in [1.807, 2.05) is 23.5 Å². The summed E-state index contributed by atoms with van der Waals surface area (Å²) in [6.45, 7) is 8.93. The molecule has 22 heavy (non-hydrogen) atoms. The van der Waals surface area contributed by atoms with Crippen LogP contribution in [0.15, 0.2) is 28.2 Å². The largest absolute Gasteiger partial charge is 0.272 e. The van der Waals surface area contributed by atoms with E-state index in [4.69, 9.17) is 15.0 Å². The van der Waals surface area contributed by atoms with Crippen molar-refractivity contribution in [2.75, 3.05) is 11.5 Å². The smallest absolute Gasteiger partial charge is 0.117 e. The van der Waals surface area contributed by atoms with Crippen LogP contribution in [0.2, 0.25) is 0 Å². The molecule has 1 aromatic heterocycles. The van der Waals surface area contributed by atoms with Gasteiger partial charge in [0.05, 0.1) is 23.5 Å². The van der Waals surface area contributed by atoms with Crippen molar-refractivity contribution in [3.8, 4) is 0 Å². The maximum Gasteiger partial charge on any atom is 0.117 e. The lowest BCUT2D eigenvalue weighted by molar-refractivity contribution is 0.543. The van der Waals surface area contributed by atoms with Gasteiger partial charge in [0.15, 0.2) is 0 Å². The predicted octanol–water partition coefficient (Wildman–Crippen LogP) is 4.12. The van der Waals surface area contributed by atoms with Gasteiger partial charge in [0, 0.05) is 11.5 Å². The summed E-state index contributed by atoms with van der Waals surface area (Å²) < 4.78 is 0. The summed E-state index contributed by atoms with van der Waals surface area (Å²) in [4.78, 5) is 14.5. The first-order chi connectivity index (χ1) is 10.5. The lowest BCUT2D eigenvalue weighted by atomic mass is 10.1. The number of nitrogens with zero attached hydrogens (tertiary/aromatic N) is 3. The zero-order chi connectivity index (χ0) is 15.7. The number of hydrogen-bond acceptors (Lipinski definition) is 5. The first-order valence-corrected chi connectivity index (χ1v) is 9.90. The van der Waals surface area contributed by atoms with Crippen LogP contribution in [0, 0.1) is 11.8 Å². The fraction of sp³-hybridized carbons (Fsp3) is 0.588. The lowest BCUT2D eigenvalue weighted by Crippen LogP contribution is -2.12. The number of pyridine rings is 1. The first-order valence-electron chi connectivity index (χ1n) is 7.93. The molecule has 0 spiro atoms. The Bertz CT molecular complexity index is 558. The summed E-state index contributed by atoms with van der Waals surface area (Å²) in [5.74, 6) is 3.33. The monoisotopic (exact) mass is 333 g/mol. The minimum Gasteiger partial charge on any atom is -0.272 e. The molecule has 1 aromatic rings. The van der Waals surface area contributed by atoms with E-state index in [9.17, 15) is 0 Å². The van der Waals surface area contributed by atoms with Gasteiger partial charge in [-0.1, -0.05) is 33.8 Å². The lowest BCUT2D eigenvalue weighted by Gasteiger charge is -2.08. The molecule has 118 valence electrons. The van der Waals surface area contributed by atoms with Gasteiger partial charge in [-0.15, -0.1) is 23.5 Å². The van der Waals surface area contributed by atoms with Gasteiger partial charge in [0.2, 0.25) is 0 Å². The normalized spacial score (nSPS) is 25.0. The molecule has 3 heterocycles. The van der Waals surface area contributed by atoms with Crippen LogP contribution in [0.5, 0.6) is 0 Å². The Hall–Kier alpha value is -0.810. The van der Waals surface area contributed by atoms with Crippen LogP contribution < -0.4 is 0 Å². The summed E-state index contributed by atoms with van der Waals surface area (Å²) in [7, 11) is 0. The fourth-order valence-corrected chi connectivity index (χ4v) is 4.93. The third kappa shape index (κ3) is 3.40. The van der Waals surface area contributed by atoms with Crippen LogP contribution in [0.25, 0.3) is 0 Å². The molecule has 2 aliphatic rings. The van der Waals surface area contributed by atoms with Gasteiger partial charge in [0.1, 0.15) is 10.1 Å². The van der Waals surface area contributed by atoms with E-state index in [0.29, 0.717) is 23.9 Å². The van der Waals surface area contributed by atoms with E-state index in [-0.39, 0.29) is 0 Å². The molecule has 0 amide bonds. The van der Waals surface area contributed by atoms with E-state index in [1.54, 1.807) is 0 Å². The van der Waals surface area contributed by atoms with E-state index in [1.165, 1.54) is 0 Å². The average Bonchev–Trinajstić information content (AvgIpc) is 3.17. The SMILES string of the molecule is CC(C)[C@H]1CSC(c2cccc(C3=N[C@@H](C(C)C)CS3)n2)=N1. The van der Waals surface area contributed by atoms with Crippen LogP contribution in [0.1, 0.15) is 39.1 Å². The molecule has 0 saturated heterocycles. The third-order valence-electron chi connectivity index (χ3n) is 4.07. The van der Waals surface area contributed by atoms with Gasteiger partial charge in [-0.25, -0.2) is 4.98 Å². The van der Waals surface area contributed by atoms with Crippen LogP contribution in [0.3, 0.4) is 0 Å². The third-order valence-corrected chi connectivity index (χ3v) is 6.27. The minimum absolute atomic E-state index is 0.425. The highest BCUT2D eigenvalue weighted by molar-refractivity contribution is 8.15. The molecule has 0 aliphatic carbocycles. The molecule has 3 rings (SSSR count). The van der Waals surface area contributed by atoms with Gasteiger partial charge < -0.3 is 0 Å². The van der Waals surface area contributed by atoms with E-state index in [0.717, 1.165) is 33.0 Å².